The molecule has 0 aliphatic carbocycles. The summed E-state index contributed by atoms with van der Waals surface area (Å²) in [6.07, 6.45) is -0.455. The highest BCUT2D eigenvalue weighted by atomic mass is 79.9. The van der Waals surface area contributed by atoms with Gasteiger partial charge in [-0.1, -0.05) is 15.9 Å². The molecule has 0 saturated carbocycles. The van der Waals surface area contributed by atoms with Gasteiger partial charge in [0.1, 0.15) is 5.75 Å². The van der Waals surface area contributed by atoms with Gasteiger partial charge in [0.15, 0.2) is 10.8 Å². The lowest BCUT2D eigenvalue weighted by Crippen LogP contribution is -2.10. The first-order valence-corrected chi connectivity index (χ1v) is 9.92. The summed E-state index contributed by atoms with van der Waals surface area (Å²) in [6, 6.07) is 5.89. The lowest BCUT2D eigenvalue weighted by molar-refractivity contribution is 0.209. The van der Waals surface area contributed by atoms with Gasteiger partial charge >= 0.3 is 6.09 Å². The number of nitrogens with one attached hydrogen (secondary N) is 1. The molecular formula is C17H16BrN5O3S. The maximum atomic E-state index is 10.9. The van der Waals surface area contributed by atoms with E-state index < -0.39 is 6.09 Å². The van der Waals surface area contributed by atoms with Gasteiger partial charge in [-0.2, -0.15) is 4.98 Å². The van der Waals surface area contributed by atoms with Crippen LogP contribution in [0.2, 0.25) is 0 Å². The number of carboxylic acid groups (broad SMARTS) is 1. The quantitative estimate of drug-likeness (QED) is 0.612. The Bertz CT molecular complexity index is 1030. The van der Waals surface area contributed by atoms with Crippen molar-refractivity contribution in [1.29, 1.82) is 0 Å². The fourth-order valence-electron chi connectivity index (χ4n) is 2.87. The molecule has 4 rings (SSSR count). The van der Waals surface area contributed by atoms with Crippen molar-refractivity contribution in [2.45, 2.75) is 26.3 Å². The number of thiazole rings is 1. The molecule has 3 aromatic rings. The van der Waals surface area contributed by atoms with Crippen LogP contribution >= 0.6 is 27.3 Å². The Morgan fingerprint density at radius 3 is 2.96 bits per heavy atom. The van der Waals surface area contributed by atoms with Crippen LogP contribution in [0.5, 0.6) is 5.75 Å². The maximum Gasteiger partial charge on any atom is 0.411 e. The smallest absolute Gasteiger partial charge is 0.411 e. The van der Waals surface area contributed by atoms with E-state index in [1.54, 1.807) is 4.68 Å². The van der Waals surface area contributed by atoms with Crippen LogP contribution in [0.3, 0.4) is 0 Å². The molecular weight excluding hydrogens is 434 g/mol. The molecule has 0 spiro atoms. The van der Waals surface area contributed by atoms with E-state index in [0.717, 1.165) is 32.8 Å². The molecule has 0 atom stereocenters. The first-order chi connectivity index (χ1) is 12.9. The Balaban J connectivity index is 1.82. The number of aromatic nitrogens is 4. The highest BCUT2D eigenvalue weighted by molar-refractivity contribution is 9.10. The van der Waals surface area contributed by atoms with Crippen LogP contribution in [-0.4, -0.2) is 37.6 Å². The van der Waals surface area contributed by atoms with Crippen molar-refractivity contribution in [3.8, 4) is 27.8 Å². The second-order valence-corrected chi connectivity index (χ2v) is 8.26. The number of rotatable bonds is 3. The number of benzene rings is 1. The number of carbonyl (C=O) groups is 1. The highest BCUT2D eigenvalue weighted by Gasteiger charge is 2.24. The molecule has 0 saturated heterocycles. The molecule has 2 N–H and O–H groups in total. The Morgan fingerprint density at radius 2 is 2.22 bits per heavy atom. The first-order valence-electron chi connectivity index (χ1n) is 8.31. The molecule has 2 aromatic heterocycles. The topological polar surface area (TPSA) is 102 Å². The van der Waals surface area contributed by atoms with Crippen molar-refractivity contribution in [2.24, 2.45) is 0 Å². The maximum absolute atomic E-state index is 10.9. The summed E-state index contributed by atoms with van der Waals surface area (Å²) in [5.41, 5.74) is 1.81. The zero-order valence-corrected chi connectivity index (χ0v) is 17.0. The van der Waals surface area contributed by atoms with Crippen LogP contribution in [0.4, 0.5) is 10.7 Å². The Morgan fingerprint density at radius 1 is 1.41 bits per heavy atom. The second-order valence-electron chi connectivity index (χ2n) is 6.26. The lowest BCUT2D eigenvalue weighted by atomic mass is 10.1. The molecule has 10 heteroatoms. The number of halogens is 1. The first kappa shape index (κ1) is 17.9. The van der Waals surface area contributed by atoms with Gasteiger partial charge in [-0.05, 0) is 32.0 Å². The number of fused-ring (bicyclic) bond motifs is 3. The van der Waals surface area contributed by atoms with E-state index in [1.807, 2.05) is 32.0 Å². The zero-order chi connectivity index (χ0) is 19.1. The predicted octanol–water partition coefficient (Wildman–Crippen LogP) is 4.44. The van der Waals surface area contributed by atoms with Crippen molar-refractivity contribution in [3.05, 3.63) is 27.5 Å². The Hall–Kier alpha value is -2.46. The third-order valence-corrected chi connectivity index (χ3v) is 5.62. The van der Waals surface area contributed by atoms with Crippen molar-refractivity contribution in [3.63, 3.8) is 0 Å². The van der Waals surface area contributed by atoms with Crippen LogP contribution in [0.25, 0.3) is 22.1 Å². The third-order valence-electron chi connectivity index (χ3n) is 4.01. The molecule has 0 fully saturated rings. The molecule has 0 bridgehead atoms. The van der Waals surface area contributed by atoms with Crippen LogP contribution in [0.15, 0.2) is 22.7 Å². The van der Waals surface area contributed by atoms with Crippen LogP contribution < -0.4 is 10.1 Å². The number of anilines is 1. The van der Waals surface area contributed by atoms with E-state index in [-0.39, 0.29) is 12.0 Å². The van der Waals surface area contributed by atoms with E-state index in [2.05, 4.69) is 31.3 Å². The van der Waals surface area contributed by atoms with Crippen molar-refractivity contribution >= 4 is 39.3 Å². The summed E-state index contributed by atoms with van der Waals surface area (Å²) in [5.74, 6) is 1.38. The van der Waals surface area contributed by atoms with Gasteiger partial charge in [0.2, 0.25) is 0 Å². The van der Waals surface area contributed by atoms with Gasteiger partial charge in [0.05, 0.1) is 12.3 Å². The fourth-order valence-corrected chi connectivity index (χ4v) is 4.25. The van der Waals surface area contributed by atoms with Gasteiger partial charge in [0, 0.05) is 27.4 Å². The molecule has 0 radical (unpaired) electrons. The van der Waals surface area contributed by atoms with Crippen molar-refractivity contribution in [2.75, 3.05) is 11.9 Å². The Kier molecular flexibility index (Phi) is 4.60. The average Bonchev–Trinajstić information content (AvgIpc) is 3.15. The van der Waals surface area contributed by atoms with E-state index in [0.29, 0.717) is 17.4 Å². The van der Waals surface area contributed by atoms with E-state index in [4.69, 9.17) is 14.8 Å². The van der Waals surface area contributed by atoms with Gasteiger partial charge in [-0.3, -0.25) is 5.32 Å². The van der Waals surface area contributed by atoms with Crippen molar-refractivity contribution < 1.29 is 14.6 Å². The highest BCUT2D eigenvalue weighted by Crippen LogP contribution is 2.41. The summed E-state index contributed by atoms with van der Waals surface area (Å²) in [7, 11) is 0. The van der Waals surface area contributed by atoms with Gasteiger partial charge in [-0.15, -0.1) is 16.4 Å². The van der Waals surface area contributed by atoms with Gasteiger partial charge < -0.3 is 9.84 Å². The normalized spacial score (nSPS) is 12.9. The fraction of sp³-hybridized carbons (Fsp3) is 0.294. The summed E-state index contributed by atoms with van der Waals surface area (Å²) >= 11 is 5.00. The Labute approximate surface area is 167 Å². The molecule has 1 aliphatic heterocycles. The number of ether oxygens (including phenoxy) is 1. The minimum Gasteiger partial charge on any atom is -0.492 e. The van der Waals surface area contributed by atoms with E-state index >= 15 is 0 Å². The minimum absolute atomic E-state index is 0.00660. The predicted molar refractivity (Wildman–Crippen MR) is 105 cm³/mol. The summed E-state index contributed by atoms with van der Waals surface area (Å²) in [5, 5.41) is 16.1. The molecule has 1 aromatic carbocycles. The zero-order valence-electron chi connectivity index (χ0n) is 14.6. The summed E-state index contributed by atoms with van der Waals surface area (Å²) < 4.78 is 8.48. The standard InChI is InChI=1S/C17H16BrN5O3S/c1-8(2)23-14(20-16(22-23)21-17(24)25)15-19-13-10-4-3-9(18)7-11(10)26-6-5-12(13)27-15/h3-4,7-8H,5-6H2,1-2H3,(H,21,22)(H,24,25). The molecule has 8 nitrogen and oxygen atoms in total. The number of nitrogens with zero attached hydrogens (tertiary/aromatic N) is 4. The largest absolute Gasteiger partial charge is 0.492 e. The van der Waals surface area contributed by atoms with Crippen molar-refractivity contribution in [1.82, 2.24) is 19.7 Å². The summed E-state index contributed by atoms with van der Waals surface area (Å²) in [6.45, 7) is 4.49. The van der Waals surface area contributed by atoms with Crippen LogP contribution in [-0.2, 0) is 6.42 Å². The molecule has 1 aliphatic rings. The number of amides is 1. The molecule has 27 heavy (non-hydrogen) atoms. The number of hydrogen-bond acceptors (Lipinski definition) is 6. The lowest BCUT2D eigenvalue weighted by Gasteiger charge is -2.08. The molecule has 1 amide bonds. The average molecular weight is 450 g/mol. The van der Waals surface area contributed by atoms with Gasteiger partial charge in [0.25, 0.3) is 5.95 Å². The third kappa shape index (κ3) is 3.42. The second kappa shape index (κ2) is 6.93. The molecule has 140 valence electrons. The minimum atomic E-state index is -1.20. The molecule has 3 heterocycles. The van der Waals surface area contributed by atoms with Crippen LogP contribution in [0, 0.1) is 0 Å². The van der Waals surface area contributed by atoms with E-state index in [9.17, 15) is 4.79 Å². The SMILES string of the molecule is CC(C)n1nc(NC(=O)O)nc1-c1nc2c(s1)CCOc1cc(Br)ccc1-2. The van der Waals surface area contributed by atoms with E-state index in [1.165, 1.54) is 11.3 Å². The van der Waals surface area contributed by atoms with Gasteiger partial charge in [-0.25, -0.2) is 14.5 Å². The molecule has 0 unspecified atom stereocenters. The van der Waals surface area contributed by atoms with Crippen LogP contribution in [0.1, 0.15) is 24.8 Å². The monoisotopic (exact) mass is 449 g/mol. The number of hydrogen-bond donors (Lipinski definition) is 2. The summed E-state index contributed by atoms with van der Waals surface area (Å²) in [4.78, 5) is 21.2.